The fourth-order valence-electron chi connectivity index (χ4n) is 3.35. The van der Waals surface area contributed by atoms with Gasteiger partial charge in [0.25, 0.3) is 0 Å². The normalized spacial score (nSPS) is 13.8. The van der Waals surface area contributed by atoms with E-state index in [4.69, 9.17) is 0 Å². The Hall–Kier alpha value is 0.430. The maximum atomic E-state index is 3.27. The zero-order chi connectivity index (χ0) is 13.9. The molecule has 0 aliphatic rings. The van der Waals surface area contributed by atoms with E-state index in [1.807, 2.05) is 0 Å². The average Bonchev–Trinajstić information content (AvgIpc) is 2.33. The van der Waals surface area contributed by atoms with E-state index in [0.29, 0.717) is 5.16 Å². The zero-order valence-corrected chi connectivity index (χ0v) is 14.6. The molecule has 0 heterocycles. The molecule has 2 atom stereocenters. The van der Waals surface area contributed by atoms with Gasteiger partial charge in [-0.2, -0.15) is 0 Å². The monoisotopic (exact) mass is 272 g/mol. The van der Waals surface area contributed by atoms with Crippen LogP contribution in [-0.4, -0.2) is 5.16 Å². The summed E-state index contributed by atoms with van der Waals surface area (Å²) in [7, 11) is 3.27. The molecule has 0 aromatic heterocycles. The Balaban J connectivity index is 4.38. The van der Waals surface area contributed by atoms with Crippen LogP contribution in [0.1, 0.15) is 98.3 Å². The summed E-state index contributed by atoms with van der Waals surface area (Å²) in [5.74, 6) is 0.934. The van der Waals surface area contributed by atoms with E-state index in [-0.39, 0.29) is 0 Å². The summed E-state index contributed by atoms with van der Waals surface area (Å²) >= 11 is 0. The lowest BCUT2D eigenvalue weighted by molar-refractivity contribution is 0.284. The predicted octanol–water partition coefficient (Wildman–Crippen LogP) is 6.59. The second-order valence-electron chi connectivity index (χ2n) is 6.07. The third-order valence-electron chi connectivity index (χ3n) is 4.29. The van der Waals surface area contributed by atoms with Crippen molar-refractivity contribution in [2.45, 2.75) is 103 Å². The minimum absolute atomic E-state index is 0.533. The van der Waals surface area contributed by atoms with Crippen molar-refractivity contribution in [1.82, 2.24) is 0 Å². The van der Waals surface area contributed by atoms with Crippen LogP contribution in [0.25, 0.3) is 0 Å². The quantitative estimate of drug-likeness (QED) is 0.278. The Labute approximate surface area is 119 Å². The summed E-state index contributed by atoms with van der Waals surface area (Å²) in [5.41, 5.74) is 0. The molecule has 0 saturated heterocycles. The lowest BCUT2D eigenvalue weighted by Gasteiger charge is -2.38. The average molecular weight is 272 g/mol. The van der Waals surface area contributed by atoms with Gasteiger partial charge in [-0.1, -0.05) is 72.6 Å². The van der Waals surface area contributed by atoms with E-state index < -0.39 is 0 Å². The molecule has 0 saturated carbocycles. The van der Waals surface area contributed by atoms with Gasteiger partial charge >= 0.3 is 0 Å². The molecule has 0 nitrogen and oxygen atoms in total. The number of hydrogen-bond donors (Lipinski definition) is 0. The van der Waals surface area contributed by atoms with E-state index in [1.165, 1.54) is 70.6 Å². The van der Waals surface area contributed by atoms with Crippen molar-refractivity contribution in [3.05, 3.63) is 0 Å². The third-order valence-corrected chi connectivity index (χ3v) is 5.34. The smallest absolute Gasteiger partial charge is 0.0122 e. The highest BCUT2D eigenvalue weighted by Crippen LogP contribution is 2.42. The Morgan fingerprint density at radius 2 is 1.33 bits per heavy atom. The van der Waals surface area contributed by atoms with Crippen molar-refractivity contribution >= 4 is 9.24 Å². The minimum atomic E-state index is 0.533. The molecule has 0 aromatic rings. The molecule has 0 rings (SSSR count). The topological polar surface area (TPSA) is 0 Å². The van der Waals surface area contributed by atoms with Crippen LogP contribution in [0.4, 0.5) is 0 Å². The Morgan fingerprint density at radius 1 is 0.722 bits per heavy atom. The fraction of sp³-hybridized carbons (Fsp3) is 1.00. The van der Waals surface area contributed by atoms with Gasteiger partial charge in [0, 0.05) is 0 Å². The van der Waals surface area contributed by atoms with Crippen LogP contribution in [0.2, 0.25) is 0 Å². The molecule has 0 aliphatic carbocycles. The second kappa shape index (κ2) is 11.3. The van der Waals surface area contributed by atoms with Gasteiger partial charge in [-0.05, 0) is 36.8 Å². The fourth-order valence-corrected chi connectivity index (χ4v) is 4.26. The largest absolute Gasteiger partial charge is 0.131 e. The number of hydrogen-bond acceptors (Lipinski definition) is 0. The summed E-state index contributed by atoms with van der Waals surface area (Å²) in [5, 5.41) is 0.533. The molecule has 0 aliphatic heterocycles. The van der Waals surface area contributed by atoms with Crippen molar-refractivity contribution in [3.63, 3.8) is 0 Å². The zero-order valence-electron chi connectivity index (χ0n) is 13.4. The molecule has 0 aromatic carbocycles. The lowest BCUT2D eigenvalue weighted by atomic mass is 9.78. The maximum Gasteiger partial charge on any atom is -0.0122 e. The molecule has 0 spiro atoms. The van der Waals surface area contributed by atoms with Crippen LogP contribution in [0, 0.1) is 5.92 Å². The van der Waals surface area contributed by atoms with Gasteiger partial charge < -0.3 is 0 Å². The van der Waals surface area contributed by atoms with Gasteiger partial charge in [0.15, 0.2) is 0 Å². The summed E-state index contributed by atoms with van der Waals surface area (Å²) < 4.78 is 0. The van der Waals surface area contributed by atoms with Crippen molar-refractivity contribution < 1.29 is 0 Å². The molecule has 1 heteroatoms. The standard InChI is InChI=1S/C17H37P/c1-5-9-10-11-13-16(12-6-2)17(18,14-7-3)15-8-4/h16H,5-15,18H2,1-4H3. The molecule has 2 unspecified atom stereocenters. The van der Waals surface area contributed by atoms with Crippen LogP contribution < -0.4 is 0 Å². The summed E-state index contributed by atoms with van der Waals surface area (Å²) in [6.07, 6.45) is 15.3. The van der Waals surface area contributed by atoms with Crippen LogP contribution in [-0.2, 0) is 0 Å². The van der Waals surface area contributed by atoms with E-state index in [1.54, 1.807) is 0 Å². The summed E-state index contributed by atoms with van der Waals surface area (Å²) in [4.78, 5) is 0. The van der Waals surface area contributed by atoms with Crippen molar-refractivity contribution in [2.24, 2.45) is 5.92 Å². The molecular weight excluding hydrogens is 235 g/mol. The summed E-state index contributed by atoms with van der Waals surface area (Å²) in [6, 6.07) is 0. The Kier molecular flexibility index (Phi) is 11.5. The Morgan fingerprint density at radius 3 is 1.78 bits per heavy atom. The van der Waals surface area contributed by atoms with Crippen molar-refractivity contribution in [1.29, 1.82) is 0 Å². The van der Waals surface area contributed by atoms with E-state index in [2.05, 4.69) is 36.9 Å². The van der Waals surface area contributed by atoms with Crippen LogP contribution >= 0.6 is 9.24 Å². The van der Waals surface area contributed by atoms with Gasteiger partial charge in [0.05, 0.1) is 0 Å². The highest BCUT2D eigenvalue weighted by Gasteiger charge is 2.31. The first kappa shape index (κ1) is 18.4. The maximum absolute atomic E-state index is 3.27. The SMILES string of the molecule is CCCCCCC(CCC)C(P)(CCC)CCC. The van der Waals surface area contributed by atoms with Crippen molar-refractivity contribution in [3.8, 4) is 0 Å². The van der Waals surface area contributed by atoms with Gasteiger partial charge in [-0.15, -0.1) is 9.24 Å². The highest BCUT2D eigenvalue weighted by molar-refractivity contribution is 7.19. The second-order valence-corrected chi connectivity index (χ2v) is 7.22. The van der Waals surface area contributed by atoms with E-state index in [0.717, 1.165) is 5.92 Å². The molecule has 110 valence electrons. The van der Waals surface area contributed by atoms with Crippen LogP contribution in [0.3, 0.4) is 0 Å². The first-order chi connectivity index (χ1) is 8.64. The van der Waals surface area contributed by atoms with Gasteiger partial charge in [0.2, 0.25) is 0 Å². The summed E-state index contributed by atoms with van der Waals surface area (Å²) in [6.45, 7) is 9.34. The number of unbranched alkanes of at least 4 members (excludes halogenated alkanes) is 3. The molecular formula is C17H37P. The number of rotatable bonds is 12. The van der Waals surface area contributed by atoms with Gasteiger partial charge in [-0.3, -0.25) is 0 Å². The molecule has 0 radical (unpaired) electrons. The van der Waals surface area contributed by atoms with Gasteiger partial charge in [-0.25, -0.2) is 0 Å². The van der Waals surface area contributed by atoms with E-state index >= 15 is 0 Å². The highest BCUT2D eigenvalue weighted by atomic mass is 31.0. The van der Waals surface area contributed by atoms with Crippen molar-refractivity contribution in [2.75, 3.05) is 0 Å². The van der Waals surface area contributed by atoms with Crippen LogP contribution in [0.5, 0.6) is 0 Å². The third kappa shape index (κ3) is 7.13. The Bertz CT molecular complexity index is 170. The molecule has 0 fully saturated rings. The minimum Gasteiger partial charge on any atom is -0.131 e. The van der Waals surface area contributed by atoms with E-state index in [9.17, 15) is 0 Å². The predicted molar refractivity (Wildman–Crippen MR) is 89.4 cm³/mol. The van der Waals surface area contributed by atoms with Gasteiger partial charge in [0.1, 0.15) is 0 Å². The first-order valence-corrected chi connectivity index (χ1v) is 9.01. The molecule has 0 amide bonds. The van der Waals surface area contributed by atoms with Crippen LogP contribution in [0.15, 0.2) is 0 Å². The molecule has 18 heavy (non-hydrogen) atoms. The first-order valence-electron chi connectivity index (χ1n) is 8.43. The molecule has 0 bridgehead atoms. The lowest BCUT2D eigenvalue weighted by Crippen LogP contribution is -2.31. The molecule has 0 N–H and O–H groups in total.